The smallest absolute Gasteiger partial charge is 0.332 e. The Hall–Kier alpha value is -1.89. The van der Waals surface area contributed by atoms with Crippen molar-refractivity contribution in [1.29, 1.82) is 0 Å². The summed E-state index contributed by atoms with van der Waals surface area (Å²) >= 11 is 0. The van der Waals surface area contributed by atoms with Crippen LogP contribution >= 0.6 is 0 Å². The van der Waals surface area contributed by atoms with Crippen LogP contribution in [0.1, 0.15) is 33.1 Å². The third-order valence-corrected chi connectivity index (χ3v) is 3.70. The van der Waals surface area contributed by atoms with E-state index < -0.39 is 0 Å². The summed E-state index contributed by atoms with van der Waals surface area (Å²) in [5, 5.41) is 9.24. The molecule has 7 nitrogen and oxygen atoms in total. The van der Waals surface area contributed by atoms with Crippen LogP contribution in [-0.2, 0) is 20.1 Å². The van der Waals surface area contributed by atoms with Crippen LogP contribution in [0.3, 0.4) is 0 Å². The van der Waals surface area contributed by atoms with Gasteiger partial charge in [0.2, 0.25) is 0 Å². The lowest BCUT2D eigenvalue weighted by Gasteiger charge is -2.09. The molecule has 2 aromatic rings. The Labute approximate surface area is 122 Å². The molecular formula is C14H22N4O3. The minimum atomic E-state index is -0.353. The van der Waals surface area contributed by atoms with Gasteiger partial charge in [0.15, 0.2) is 11.2 Å². The number of aryl methyl sites for hydroxylation is 2. The summed E-state index contributed by atoms with van der Waals surface area (Å²) < 4.78 is 4.43. The summed E-state index contributed by atoms with van der Waals surface area (Å²) in [6, 6.07) is 0. The van der Waals surface area contributed by atoms with Crippen molar-refractivity contribution in [2.24, 2.45) is 7.05 Å². The van der Waals surface area contributed by atoms with Gasteiger partial charge in [-0.15, -0.1) is 0 Å². The Morgan fingerprint density at radius 2 is 2.05 bits per heavy atom. The molecule has 2 rings (SSSR count). The second-order valence-corrected chi connectivity index (χ2v) is 5.35. The van der Waals surface area contributed by atoms with Gasteiger partial charge < -0.3 is 9.67 Å². The lowest BCUT2D eigenvalue weighted by atomic mass is 10.2. The number of aliphatic hydroxyl groups excluding tert-OH is 1. The van der Waals surface area contributed by atoms with E-state index in [1.54, 1.807) is 24.9 Å². The number of aromatic nitrogens is 4. The number of hydrogen-bond acceptors (Lipinski definition) is 4. The number of nitrogens with zero attached hydrogens (tertiary/aromatic N) is 4. The summed E-state index contributed by atoms with van der Waals surface area (Å²) in [5.41, 5.74) is 0.262. The average Bonchev–Trinajstić information content (AvgIpc) is 2.88. The highest BCUT2D eigenvalue weighted by atomic mass is 16.3. The fourth-order valence-corrected chi connectivity index (χ4v) is 2.47. The second kappa shape index (κ2) is 6.26. The van der Waals surface area contributed by atoms with Crippen molar-refractivity contribution in [1.82, 2.24) is 18.7 Å². The zero-order chi connectivity index (χ0) is 15.6. The van der Waals surface area contributed by atoms with Crippen LogP contribution in [0.2, 0.25) is 0 Å². The Balaban J connectivity index is 2.39. The molecule has 1 unspecified atom stereocenters. The van der Waals surface area contributed by atoms with Gasteiger partial charge in [0, 0.05) is 20.1 Å². The van der Waals surface area contributed by atoms with E-state index in [1.807, 2.05) is 6.92 Å². The summed E-state index contributed by atoms with van der Waals surface area (Å²) in [5.74, 6) is 0. The molecule has 0 saturated heterocycles. The van der Waals surface area contributed by atoms with Crippen molar-refractivity contribution >= 4 is 11.2 Å². The van der Waals surface area contributed by atoms with E-state index in [9.17, 15) is 14.7 Å². The highest BCUT2D eigenvalue weighted by Gasteiger charge is 2.15. The molecule has 0 bridgehead atoms. The number of hydrogen-bond donors (Lipinski definition) is 1. The summed E-state index contributed by atoms with van der Waals surface area (Å²) in [7, 11) is 1.63. The number of imidazole rings is 1. The van der Waals surface area contributed by atoms with E-state index in [-0.39, 0.29) is 17.4 Å². The highest BCUT2D eigenvalue weighted by Crippen LogP contribution is 2.06. The van der Waals surface area contributed by atoms with Gasteiger partial charge in [0.1, 0.15) is 0 Å². The molecule has 21 heavy (non-hydrogen) atoms. The molecule has 0 fully saturated rings. The maximum Gasteiger partial charge on any atom is 0.332 e. The molecule has 0 aromatic carbocycles. The van der Waals surface area contributed by atoms with Gasteiger partial charge in [0.25, 0.3) is 5.56 Å². The van der Waals surface area contributed by atoms with Crippen molar-refractivity contribution in [3.63, 3.8) is 0 Å². The van der Waals surface area contributed by atoms with Gasteiger partial charge in [-0.25, -0.2) is 9.78 Å². The first kappa shape index (κ1) is 15.5. The summed E-state index contributed by atoms with van der Waals surface area (Å²) in [6.45, 7) is 4.66. The minimum absolute atomic E-state index is 0.288. The molecule has 0 spiro atoms. The Morgan fingerprint density at radius 1 is 1.33 bits per heavy atom. The molecule has 1 atom stereocenters. The Morgan fingerprint density at radius 3 is 2.67 bits per heavy atom. The van der Waals surface area contributed by atoms with Crippen LogP contribution in [0.25, 0.3) is 11.2 Å². The molecule has 0 saturated carbocycles. The summed E-state index contributed by atoms with van der Waals surface area (Å²) in [4.78, 5) is 28.9. The normalized spacial score (nSPS) is 13.0. The zero-order valence-electron chi connectivity index (χ0n) is 12.7. The third kappa shape index (κ3) is 2.92. The van der Waals surface area contributed by atoms with Crippen molar-refractivity contribution in [2.45, 2.75) is 52.3 Å². The van der Waals surface area contributed by atoms with E-state index in [0.717, 1.165) is 6.42 Å². The molecule has 0 radical (unpaired) electrons. The van der Waals surface area contributed by atoms with Crippen LogP contribution in [-0.4, -0.2) is 29.9 Å². The lowest BCUT2D eigenvalue weighted by Crippen LogP contribution is -2.39. The topological polar surface area (TPSA) is 82.1 Å². The first-order chi connectivity index (χ1) is 9.97. The van der Waals surface area contributed by atoms with Crippen LogP contribution in [0, 0.1) is 0 Å². The van der Waals surface area contributed by atoms with E-state index in [1.165, 1.54) is 9.13 Å². The van der Waals surface area contributed by atoms with Crippen LogP contribution in [0.15, 0.2) is 15.9 Å². The molecule has 116 valence electrons. The van der Waals surface area contributed by atoms with E-state index >= 15 is 0 Å². The van der Waals surface area contributed by atoms with Gasteiger partial charge in [-0.1, -0.05) is 0 Å². The second-order valence-electron chi connectivity index (χ2n) is 5.35. The molecular weight excluding hydrogens is 272 g/mol. The van der Waals surface area contributed by atoms with Gasteiger partial charge in [-0.3, -0.25) is 13.9 Å². The minimum Gasteiger partial charge on any atom is -0.393 e. The zero-order valence-corrected chi connectivity index (χ0v) is 12.7. The van der Waals surface area contributed by atoms with E-state index in [4.69, 9.17) is 0 Å². The monoisotopic (exact) mass is 294 g/mol. The first-order valence-corrected chi connectivity index (χ1v) is 7.30. The SMILES string of the molecule is CCn1cnc2c1c(=O)n(CCCCC(C)O)c(=O)n2C. The van der Waals surface area contributed by atoms with Gasteiger partial charge in [-0.2, -0.15) is 0 Å². The number of fused-ring (bicyclic) bond motifs is 1. The molecule has 0 amide bonds. The number of unbranched alkanes of at least 4 members (excludes halogenated alkanes) is 1. The fourth-order valence-electron chi connectivity index (χ4n) is 2.47. The molecule has 0 aliphatic carbocycles. The Bertz CT molecular complexity index is 739. The summed E-state index contributed by atoms with van der Waals surface area (Å²) in [6.07, 6.45) is 3.37. The largest absolute Gasteiger partial charge is 0.393 e. The quantitative estimate of drug-likeness (QED) is 0.785. The molecule has 2 aromatic heterocycles. The number of aliphatic hydroxyl groups is 1. The van der Waals surface area contributed by atoms with Gasteiger partial charge in [0.05, 0.1) is 12.4 Å². The molecule has 2 heterocycles. The number of rotatable bonds is 6. The molecule has 0 aliphatic rings. The highest BCUT2D eigenvalue weighted by molar-refractivity contribution is 5.69. The van der Waals surface area contributed by atoms with Gasteiger partial charge >= 0.3 is 5.69 Å². The molecule has 1 N–H and O–H groups in total. The van der Waals surface area contributed by atoms with Crippen LogP contribution in [0.4, 0.5) is 0 Å². The van der Waals surface area contributed by atoms with Crippen molar-refractivity contribution in [2.75, 3.05) is 0 Å². The Kier molecular flexibility index (Phi) is 4.62. The predicted molar refractivity (Wildman–Crippen MR) is 80.4 cm³/mol. The average molecular weight is 294 g/mol. The fraction of sp³-hybridized carbons (Fsp3) is 0.643. The first-order valence-electron chi connectivity index (χ1n) is 7.30. The van der Waals surface area contributed by atoms with Crippen molar-refractivity contribution < 1.29 is 5.11 Å². The molecule has 0 aliphatic heterocycles. The van der Waals surface area contributed by atoms with Crippen LogP contribution in [0.5, 0.6) is 0 Å². The molecule has 7 heteroatoms. The van der Waals surface area contributed by atoms with E-state index in [0.29, 0.717) is 37.1 Å². The lowest BCUT2D eigenvalue weighted by molar-refractivity contribution is 0.180. The van der Waals surface area contributed by atoms with Crippen LogP contribution < -0.4 is 11.2 Å². The maximum atomic E-state index is 12.5. The predicted octanol–water partition coefficient (Wildman–Crippen LogP) is 0.468. The van der Waals surface area contributed by atoms with Crippen molar-refractivity contribution in [3.05, 3.63) is 27.2 Å². The standard InChI is InChI=1S/C14H22N4O3/c1-4-17-9-15-12-11(17)13(20)18(14(21)16(12)3)8-6-5-7-10(2)19/h9-10,19H,4-8H2,1-3H3. The van der Waals surface area contributed by atoms with E-state index in [2.05, 4.69) is 4.98 Å². The third-order valence-electron chi connectivity index (χ3n) is 3.70. The maximum absolute atomic E-state index is 12.5. The van der Waals surface area contributed by atoms with Gasteiger partial charge in [-0.05, 0) is 33.1 Å². The van der Waals surface area contributed by atoms with Crippen molar-refractivity contribution in [3.8, 4) is 0 Å².